The largest absolute Gasteiger partial charge is 0.341 e. The number of nitrogens with one attached hydrogen (secondary N) is 1. The van der Waals surface area contributed by atoms with Gasteiger partial charge >= 0.3 is 0 Å². The summed E-state index contributed by atoms with van der Waals surface area (Å²) in [7, 11) is 0. The van der Waals surface area contributed by atoms with E-state index in [4.69, 9.17) is 4.98 Å². The molecular weight excluding hydrogens is 286 g/mol. The minimum Gasteiger partial charge on any atom is -0.341 e. The lowest BCUT2D eigenvalue weighted by Crippen LogP contribution is -2.29. The number of thiophene rings is 1. The second-order valence-electron chi connectivity index (χ2n) is 5.58. The van der Waals surface area contributed by atoms with Crippen LogP contribution in [0.3, 0.4) is 0 Å². The normalized spacial score (nSPS) is 14.9. The minimum atomic E-state index is 0.465. The van der Waals surface area contributed by atoms with E-state index >= 15 is 0 Å². The number of hydrogen-bond acceptors (Lipinski definition) is 5. The van der Waals surface area contributed by atoms with Gasteiger partial charge in [0.25, 0.3) is 0 Å². The Kier molecular flexibility index (Phi) is 4.38. The average molecular weight is 307 g/mol. The summed E-state index contributed by atoms with van der Waals surface area (Å²) in [6.07, 6.45) is 2.65. The van der Waals surface area contributed by atoms with Crippen LogP contribution in [0.15, 0.2) is 22.9 Å². The summed E-state index contributed by atoms with van der Waals surface area (Å²) in [4.78, 5) is 8.58. The fraction of sp³-hybridized carbons (Fsp3) is 0.533. The van der Waals surface area contributed by atoms with E-state index in [1.165, 1.54) is 23.4 Å². The number of anilines is 1. The Bertz CT molecular complexity index is 529. The molecule has 3 rings (SSSR count). The number of aromatic nitrogens is 1. The predicted octanol–water partition coefficient (Wildman–Crippen LogP) is 3.87. The highest BCUT2D eigenvalue weighted by Crippen LogP contribution is 2.26. The van der Waals surface area contributed by atoms with Crippen molar-refractivity contribution >= 4 is 27.8 Å². The van der Waals surface area contributed by atoms with E-state index in [2.05, 4.69) is 47.0 Å². The number of hydrogen-bond donors (Lipinski definition) is 1. The number of rotatable bonds is 7. The summed E-state index contributed by atoms with van der Waals surface area (Å²) in [6.45, 7) is 6.33. The highest BCUT2D eigenvalue weighted by molar-refractivity contribution is 7.13. The van der Waals surface area contributed by atoms with Crippen molar-refractivity contribution in [2.45, 2.75) is 51.9 Å². The van der Waals surface area contributed by atoms with Gasteiger partial charge in [-0.05, 0) is 38.1 Å². The van der Waals surface area contributed by atoms with Crippen molar-refractivity contribution in [3.8, 4) is 0 Å². The average Bonchev–Trinajstić information content (AvgIpc) is 2.91. The zero-order chi connectivity index (χ0) is 13.9. The molecule has 0 atom stereocenters. The molecule has 0 spiro atoms. The van der Waals surface area contributed by atoms with Crippen LogP contribution in [0.25, 0.3) is 0 Å². The zero-order valence-electron chi connectivity index (χ0n) is 12.0. The van der Waals surface area contributed by atoms with E-state index < -0.39 is 0 Å². The highest BCUT2D eigenvalue weighted by Gasteiger charge is 2.21. The first-order chi connectivity index (χ1) is 9.72. The summed E-state index contributed by atoms with van der Waals surface area (Å²) < 4.78 is 0. The molecule has 1 saturated carbocycles. The topological polar surface area (TPSA) is 28.2 Å². The molecule has 5 heteroatoms. The molecule has 0 amide bonds. The Morgan fingerprint density at radius 1 is 1.40 bits per heavy atom. The van der Waals surface area contributed by atoms with Crippen LogP contribution in [0.5, 0.6) is 0 Å². The molecule has 2 aromatic rings. The molecule has 3 nitrogen and oxygen atoms in total. The summed E-state index contributed by atoms with van der Waals surface area (Å²) in [5, 5.41) is 9.00. The van der Waals surface area contributed by atoms with E-state index in [1.54, 1.807) is 11.3 Å². The van der Waals surface area contributed by atoms with Gasteiger partial charge in [-0.15, -0.1) is 22.7 Å². The Morgan fingerprint density at radius 2 is 2.25 bits per heavy atom. The van der Waals surface area contributed by atoms with Gasteiger partial charge in [-0.25, -0.2) is 4.98 Å². The summed E-state index contributed by atoms with van der Waals surface area (Å²) >= 11 is 3.57. The summed E-state index contributed by atoms with van der Waals surface area (Å²) in [5.41, 5.74) is 1.17. The maximum Gasteiger partial charge on any atom is 0.186 e. The SMILES string of the molecule is CC(C)N(Cc1cccs1)c1nc(CNC2CC2)cs1. The molecule has 1 N–H and O–H groups in total. The molecule has 1 fully saturated rings. The van der Waals surface area contributed by atoms with Gasteiger partial charge in [0.1, 0.15) is 0 Å². The van der Waals surface area contributed by atoms with Gasteiger partial charge in [0, 0.05) is 28.9 Å². The van der Waals surface area contributed by atoms with Crippen LogP contribution in [0.4, 0.5) is 5.13 Å². The summed E-state index contributed by atoms with van der Waals surface area (Å²) in [5.74, 6) is 0. The third-order valence-electron chi connectivity index (χ3n) is 3.46. The van der Waals surface area contributed by atoms with Gasteiger partial charge in [-0.1, -0.05) is 6.07 Å². The van der Waals surface area contributed by atoms with Crippen molar-refractivity contribution < 1.29 is 0 Å². The fourth-order valence-electron chi connectivity index (χ4n) is 2.09. The van der Waals surface area contributed by atoms with E-state index in [0.29, 0.717) is 6.04 Å². The lowest BCUT2D eigenvalue weighted by atomic mass is 10.3. The van der Waals surface area contributed by atoms with Crippen molar-refractivity contribution in [1.29, 1.82) is 0 Å². The van der Waals surface area contributed by atoms with Crippen LogP contribution in [-0.2, 0) is 13.1 Å². The monoisotopic (exact) mass is 307 g/mol. The zero-order valence-corrected chi connectivity index (χ0v) is 13.6. The van der Waals surface area contributed by atoms with E-state index in [0.717, 1.165) is 24.3 Å². The standard InChI is InChI=1S/C15H21N3S2/c1-11(2)18(9-14-4-3-7-19-14)15-17-13(10-20-15)8-16-12-5-6-12/h3-4,7,10-12,16H,5-6,8-9H2,1-2H3. The molecule has 0 bridgehead atoms. The van der Waals surface area contributed by atoms with Crippen molar-refractivity contribution in [3.05, 3.63) is 33.5 Å². The lowest BCUT2D eigenvalue weighted by Gasteiger charge is -2.25. The molecule has 0 aliphatic heterocycles. The molecule has 1 aliphatic carbocycles. The first kappa shape index (κ1) is 14.0. The van der Waals surface area contributed by atoms with E-state index in [-0.39, 0.29) is 0 Å². The van der Waals surface area contributed by atoms with Crippen LogP contribution in [-0.4, -0.2) is 17.1 Å². The predicted molar refractivity (Wildman–Crippen MR) is 87.6 cm³/mol. The van der Waals surface area contributed by atoms with Gasteiger partial charge in [0.15, 0.2) is 5.13 Å². The molecule has 0 radical (unpaired) electrons. The van der Waals surface area contributed by atoms with Crippen LogP contribution in [0, 0.1) is 0 Å². The fourth-order valence-corrected chi connectivity index (χ4v) is 3.75. The molecule has 108 valence electrons. The lowest BCUT2D eigenvalue weighted by molar-refractivity contribution is 0.664. The van der Waals surface area contributed by atoms with Crippen LogP contribution < -0.4 is 10.2 Å². The highest BCUT2D eigenvalue weighted by atomic mass is 32.1. The van der Waals surface area contributed by atoms with Crippen molar-refractivity contribution in [2.24, 2.45) is 0 Å². The maximum atomic E-state index is 4.80. The first-order valence-electron chi connectivity index (χ1n) is 7.19. The molecular formula is C15H21N3S2. The minimum absolute atomic E-state index is 0.465. The Hall–Kier alpha value is -0.910. The second-order valence-corrected chi connectivity index (χ2v) is 7.45. The van der Waals surface area contributed by atoms with E-state index in [1.807, 2.05) is 11.3 Å². The summed E-state index contributed by atoms with van der Waals surface area (Å²) in [6, 6.07) is 5.52. The van der Waals surface area contributed by atoms with Crippen LogP contribution >= 0.6 is 22.7 Å². The molecule has 0 unspecified atom stereocenters. The molecule has 2 heterocycles. The molecule has 20 heavy (non-hydrogen) atoms. The second kappa shape index (κ2) is 6.24. The third-order valence-corrected chi connectivity index (χ3v) is 5.25. The van der Waals surface area contributed by atoms with Gasteiger partial charge in [0.2, 0.25) is 0 Å². The Morgan fingerprint density at radius 3 is 2.90 bits per heavy atom. The first-order valence-corrected chi connectivity index (χ1v) is 8.95. The van der Waals surface area contributed by atoms with Gasteiger partial charge in [-0.2, -0.15) is 0 Å². The quantitative estimate of drug-likeness (QED) is 0.841. The smallest absolute Gasteiger partial charge is 0.186 e. The van der Waals surface area contributed by atoms with Gasteiger partial charge < -0.3 is 10.2 Å². The van der Waals surface area contributed by atoms with Crippen molar-refractivity contribution in [3.63, 3.8) is 0 Å². The molecule has 0 saturated heterocycles. The number of thiazole rings is 1. The Labute approximate surface area is 128 Å². The molecule has 2 aromatic heterocycles. The van der Waals surface area contributed by atoms with Crippen molar-refractivity contribution in [2.75, 3.05) is 4.90 Å². The number of nitrogens with zero attached hydrogens (tertiary/aromatic N) is 2. The van der Waals surface area contributed by atoms with Gasteiger partial charge in [-0.3, -0.25) is 0 Å². The van der Waals surface area contributed by atoms with E-state index in [9.17, 15) is 0 Å². The van der Waals surface area contributed by atoms with Crippen LogP contribution in [0.2, 0.25) is 0 Å². The maximum absolute atomic E-state index is 4.80. The van der Waals surface area contributed by atoms with Gasteiger partial charge in [0.05, 0.1) is 12.2 Å². The van der Waals surface area contributed by atoms with Crippen LogP contribution in [0.1, 0.15) is 37.3 Å². The van der Waals surface area contributed by atoms with Crippen molar-refractivity contribution in [1.82, 2.24) is 10.3 Å². The third kappa shape index (κ3) is 3.59. The molecule has 1 aliphatic rings. The molecule has 0 aromatic carbocycles. The Balaban J connectivity index is 1.66.